The van der Waals surface area contributed by atoms with Gasteiger partial charge in [-0.15, -0.1) is 5.10 Å². The van der Waals surface area contributed by atoms with E-state index in [1.165, 1.54) is 11.5 Å². The Balaban J connectivity index is 1.64. The summed E-state index contributed by atoms with van der Waals surface area (Å²) in [6.07, 6.45) is 2.37. The fraction of sp³-hybridized carbons (Fsp3) is 0.636. The molecule has 0 saturated carbocycles. The Morgan fingerprint density at radius 3 is 2.78 bits per heavy atom. The highest BCUT2D eigenvalue weighted by atomic mass is 32.1. The molecule has 0 bridgehead atoms. The second-order valence-electron chi connectivity index (χ2n) is 5.04. The lowest BCUT2D eigenvalue weighted by Crippen LogP contribution is -2.44. The number of carbonyl (C=O) groups excluding carboxylic acids is 2. The summed E-state index contributed by atoms with van der Waals surface area (Å²) in [4.78, 5) is 25.2. The fourth-order valence-corrected chi connectivity index (χ4v) is 3.14. The van der Waals surface area contributed by atoms with Crippen molar-refractivity contribution >= 4 is 23.3 Å². The highest BCUT2D eigenvalue weighted by Gasteiger charge is 2.41. The molecule has 18 heavy (non-hydrogen) atoms. The minimum atomic E-state index is -0.0455. The van der Waals surface area contributed by atoms with E-state index in [1.807, 2.05) is 4.90 Å². The zero-order chi connectivity index (χ0) is 12.6. The van der Waals surface area contributed by atoms with Gasteiger partial charge in [-0.2, -0.15) is 0 Å². The van der Waals surface area contributed by atoms with Crippen LogP contribution in [-0.2, 0) is 4.79 Å². The van der Waals surface area contributed by atoms with Crippen molar-refractivity contribution in [1.82, 2.24) is 19.8 Å². The largest absolute Gasteiger partial charge is 0.356 e. The first-order chi connectivity index (χ1) is 8.69. The lowest BCUT2D eigenvalue weighted by molar-refractivity contribution is -0.119. The summed E-state index contributed by atoms with van der Waals surface area (Å²) in [7, 11) is 0. The molecule has 3 rings (SSSR count). The summed E-state index contributed by atoms with van der Waals surface area (Å²) in [5, 5.41) is 8.37. The van der Waals surface area contributed by atoms with Crippen LogP contribution in [0.4, 0.5) is 0 Å². The summed E-state index contributed by atoms with van der Waals surface area (Å²) in [6.45, 7) is 2.16. The van der Waals surface area contributed by atoms with Gasteiger partial charge in [0.05, 0.1) is 0 Å². The summed E-state index contributed by atoms with van der Waals surface area (Å²) < 4.78 is 3.71. The Morgan fingerprint density at radius 2 is 2.22 bits per heavy atom. The second kappa shape index (κ2) is 4.31. The standard InChI is InChI=1S/C11H14N4O2S/c16-9-5-11(7-12-9)1-3-15(4-2-11)10(17)8-6-18-14-13-8/h6H,1-5,7H2,(H,12,16). The first kappa shape index (κ1) is 11.6. The van der Waals surface area contributed by atoms with Gasteiger partial charge in [0, 0.05) is 31.4 Å². The maximum atomic E-state index is 12.1. The number of hydrogen-bond donors (Lipinski definition) is 1. The van der Waals surface area contributed by atoms with E-state index >= 15 is 0 Å². The van der Waals surface area contributed by atoms with Gasteiger partial charge in [0.1, 0.15) is 0 Å². The molecule has 0 aromatic carbocycles. The van der Waals surface area contributed by atoms with Gasteiger partial charge >= 0.3 is 0 Å². The third kappa shape index (κ3) is 1.98. The van der Waals surface area contributed by atoms with E-state index in [9.17, 15) is 9.59 Å². The van der Waals surface area contributed by atoms with E-state index < -0.39 is 0 Å². The molecule has 0 unspecified atom stereocenters. The van der Waals surface area contributed by atoms with Crippen LogP contribution in [0.3, 0.4) is 0 Å². The SMILES string of the molecule is O=C1CC2(CCN(C(=O)c3csnn3)CC2)CN1. The highest BCUT2D eigenvalue weighted by Crippen LogP contribution is 2.37. The Kier molecular flexibility index (Phi) is 2.77. The predicted octanol–water partition coefficient (Wildman–Crippen LogP) is 0.280. The van der Waals surface area contributed by atoms with Crippen LogP contribution in [0.5, 0.6) is 0 Å². The maximum Gasteiger partial charge on any atom is 0.275 e. The van der Waals surface area contributed by atoms with Crippen LogP contribution in [0, 0.1) is 5.41 Å². The fourth-order valence-electron chi connectivity index (χ4n) is 2.71. The van der Waals surface area contributed by atoms with Gasteiger partial charge in [-0.05, 0) is 29.8 Å². The van der Waals surface area contributed by atoms with Crippen LogP contribution in [0.2, 0.25) is 0 Å². The molecule has 96 valence electrons. The molecule has 2 aliphatic rings. The Labute approximate surface area is 109 Å². The number of rotatable bonds is 1. The van der Waals surface area contributed by atoms with Gasteiger partial charge in [0.15, 0.2) is 5.69 Å². The normalized spacial score (nSPS) is 22.2. The van der Waals surface area contributed by atoms with Gasteiger partial charge in [0.2, 0.25) is 5.91 Å². The first-order valence-corrected chi connectivity index (χ1v) is 6.85. The molecule has 1 N–H and O–H groups in total. The van der Waals surface area contributed by atoms with Crippen LogP contribution >= 0.6 is 11.5 Å². The van der Waals surface area contributed by atoms with Crippen molar-refractivity contribution in [2.24, 2.45) is 5.41 Å². The van der Waals surface area contributed by atoms with Crippen molar-refractivity contribution < 1.29 is 9.59 Å². The van der Waals surface area contributed by atoms with E-state index in [1.54, 1.807) is 5.38 Å². The van der Waals surface area contributed by atoms with Gasteiger partial charge in [-0.25, -0.2) is 0 Å². The number of carbonyl (C=O) groups is 2. The molecular weight excluding hydrogens is 252 g/mol. The number of nitrogens with one attached hydrogen (secondary N) is 1. The van der Waals surface area contributed by atoms with Crippen molar-refractivity contribution in [2.45, 2.75) is 19.3 Å². The van der Waals surface area contributed by atoms with Crippen molar-refractivity contribution in [3.63, 3.8) is 0 Å². The van der Waals surface area contributed by atoms with E-state index in [0.29, 0.717) is 25.2 Å². The van der Waals surface area contributed by atoms with Crippen molar-refractivity contribution in [1.29, 1.82) is 0 Å². The molecule has 6 nitrogen and oxygen atoms in total. The van der Waals surface area contributed by atoms with Gasteiger partial charge in [-0.1, -0.05) is 4.49 Å². The van der Waals surface area contributed by atoms with Gasteiger partial charge in [-0.3, -0.25) is 9.59 Å². The number of nitrogens with zero attached hydrogens (tertiary/aromatic N) is 3. The average Bonchev–Trinajstić information content (AvgIpc) is 3.00. The third-order valence-corrected chi connectivity index (χ3v) is 4.39. The smallest absolute Gasteiger partial charge is 0.275 e. The Morgan fingerprint density at radius 1 is 1.44 bits per heavy atom. The summed E-state index contributed by atoms with van der Waals surface area (Å²) >= 11 is 1.19. The van der Waals surface area contributed by atoms with Crippen LogP contribution in [0.15, 0.2) is 5.38 Å². The average molecular weight is 266 g/mol. The number of likely N-dealkylation sites (tertiary alicyclic amines) is 1. The van der Waals surface area contributed by atoms with Gasteiger partial charge < -0.3 is 10.2 Å². The number of piperidine rings is 1. The molecule has 2 amide bonds. The lowest BCUT2D eigenvalue weighted by Gasteiger charge is -2.37. The Bertz CT molecular complexity index is 465. The molecule has 1 aromatic rings. The van der Waals surface area contributed by atoms with Crippen LogP contribution in [0.25, 0.3) is 0 Å². The number of hydrogen-bond acceptors (Lipinski definition) is 5. The first-order valence-electron chi connectivity index (χ1n) is 6.02. The molecule has 2 saturated heterocycles. The van der Waals surface area contributed by atoms with Crippen molar-refractivity contribution in [3.8, 4) is 0 Å². The molecule has 0 atom stereocenters. The summed E-state index contributed by atoms with van der Waals surface area (Å²) in [5.41, 5.74) is 0.505. The van der Waals surface area contributed by atoms with Crippen molar-refractivity contribution in [3.05, 3.63) is 11.1 Å². The summed E-state index contributed by atoms with van der Waals surface area (Å²) in [5.74, 6) is 0.0920. The van der Waals surface area contributed by atoms with Gasteiger partial charge in [0.25, 0.3) is 5.91 Å². The van der Waals surface area contributed by atoms with E-state index in [0.717, 1.165) is 19.4 Å². The predicted molar refractivity (Wildman–Crippen MR) is 65.1 cm³/mol. The molecule has 1 spiro atoms. The second-order valence-corrected chi connectivity index (χ2v) is 5.65. The monoisotopic (exact) mass is 266 g/mol. The van der Waals surface area contributed by atoms with Crippen LogP contribution < -0.4 is 5.32 Å². The summed E-state index contributed by atoms with van der Waals surface area (Å²) in [6, 6.07) is 0. The molecule has 2 aliphatic heterocycles. The molecule has 1 aromatic heterocycles. The van der Waals surface area contributed by atoms with Crippen molar-refractivity contribution in [2.75, 3.05) is 19.6 Å². The topological polar surface area (TPSA) is 75.2 Å². The van der Waals surface area contributed by atoms with E-state index in [2.05, 4.69) is 14.9 Å². The molecular formula is C11H14N4O2S. The molecule has 0 radical (unpaired) electrons. The number of amides is 2. The van der Waals surface area contributed by atoms with Crippen LogP contribution in [-0.4, -0.2) is 45.9 Å². The molecule has 3 heterocycles. The van der Waals surface area contributed by atoms with E-state index in [4.69, 9.17) is 0 Å². The third-order valence-electron chi connectivity index (χ3n) is 3.89. The zero-order valence-electron chi connectivity index (χ0n) is 9.89. The Hall–Kier alpha value is -1.50. The molecule has 2 fully saturated rings. The minimum absolute atomic E-state index is 0.0455. The zero-order valence-corrected chi connectivity index (χ0v) is 10.7. The minimum Gasteiger partial charge on any atom is -0.356 e. The quantitative estimate of drug-likeness (QED) is 0.792. The molecule has 7 heteroatoms. The number of aromatic nitrogens is 2. The highest BCUT2D eigenvalue weighted by molar-refractivity contribution is 7.03. The maximum absolute atomic E-state index is 12.1. The van der Waals surface area contributed by atoms with E-state index in [-0.39, 0.29) is 17.2 Å². The molecule has 0 aliphatic carbocycles. The lowest BCUT2D eigenvalue weighted by atomic mass is 9.77. The van der Waals surface area contributed by atoms with Crippen LogP contribution in [0.1, 0.15) is 29.8 Å².